The van der Waals surface area contributed by atoms with Crippen LogP contribution in [-0.2, 0) is 12.7 Å². The predicted molar refractivity (Wildman–Crippen MR) is 85.0 cm³/mol. The summed E-state index contributed by atoms with van der Waals surface area (Å²) in [5, 5.41) is 17.4. The summed E-state index contributed by atoms with van der Waals surface area (Å²) in [6.45, 7) is 0.0842. The number of rotatable bonds is 4. The molecule has 0 saturated heterocycles. The van der Waals surface area contributed by atoms with Crippen molar-refractivity contribution in [2.24, 2.45) is 0 Å². The summed E-state index contributed by atoms with van der Waals surface area (Å²) in [6.07, 6.45) is -4.44. The largest absolute Gasteiger partial charge is 0.416 e. The second-order valence-electron chi connectivity index (χ2n) is 5.22. The highest BCUT2D eigenvalue weighted by Crippen LogP contribution is 2.31. The maximum Gasteiger partial charge on any atom is 0.416 e. The minimum Gasteiger partial charge on any atom is -0.333 e. The first kappa shape index (κ1) is 16.4. The zero-order valence-electron chi connectivity index (χ0n) is 12.9. The Morgan fingerprint density at radius 1 is 1.15 bits per heavy atom. The monoisotopic (exact) mass is 378 g/mol. The molecule has 0 atom stereocenters. The van der Waals surface area contributed by atoms with Gasteiger partial charge in [-0.25, -0.2) is 0 Å². The van der Waals surface area contributed by atoms with Crippen molar-refractivity contribution in [3.05, 3.63) is 53.2 Å². The Hall–Kier alpha value is -3.08. The van der Waals surface area contributed by atoms with E-state index in [1.807, 2.05) is 17.5 Å². The van der Waals surface area contributed by atoms with Crippen LogP contribution in [0.2, 0.25) is 0 Å². The van der Waals surface area contributed by atoms with E-state index in [1.165, 1.54) is 28.3 Å². The Kier molecular flexibility index (Phi) is 3.99. The van der Waals surface area contributed by atoms with Gasteiger partial charge in [0.25, 0.3) is 5.89 Å². The summed E-state index contributed by atoms with van der Waals surface area (Å²) in [5.74, 6) is 0.799. The van der Waals surface area contributed by atoms with E-state index in [-0.39, 0.29) is 17.9 Å². The molecule has 0 fully saturated rings. The molecule has 0 radical (unpaired) electrons. The summed E-state index contributed by atoms with van der Waals surface area (Å²) >= 11 is 1.46. The number of halogens is 3. The molecule has 4 aromatic rings. The summed E-state index contributed by atoms with van der Waals surface area (Å²) < 4.78 is 43.6. The van der Waals surface area contributed by atoms with Crippen LogP contribution in [0.4, 0.5) is 13.2 Å². The molecular weight excluding hydrogens is 369 g/mol. The van der Waals surface area contributed by atoms with Gasteiger partial charge >= 0.3 is 6.18 Å². The molecule has 0 aliphatic heterocycles. The van der Waals surface area contributed by atoms with Gasteiger partial charge in [0.15, 0.2) is 5.82 Å². The Balaban J connectivity index is 1.54. The van der Waals surface area contributed by atoms with Crippen molar-refractivity contribution in [1.29, 1.82) is 0 Å². The summed E-state index contributed by atoms with van der Waals surface area (Å²) in [4.78, 5) is 6.26. The van der Waals surface area contributed by atoms with Crippen LogP contribution in [0, 0.1) is 0 Å². The maximum atomic E-state index is 12.8. The first-order chi connectivity index (χ1) is 12.5. The van der Waals surface area contributed by atoms with Gasteiger partial charge in [0.05, 0.1) is 10.4 Å². The molecule has 0 unspecified atom stereocenters. The zero-order chi connectivity index (χ0) is 18.1. The number of thiophene rings is 1. The number of hydrogen-bond acceptors (Lipinski definition) is 7. The molecule has 0 saturated carbocycles. The van der Waals surface area contributed by atoms with Crippen molar-refractivity contribution in [3.8, 4) is 22.2 Å². The van der Waals surface area contributed by atoms with E-state index in [0.29, 0.717) is 11.7 Å². The Labute approximate surface area is 148 Å². The number of hydrogen-bond donors (Lipinski definition) is 0. The van der Waals surface area contributed by atoms with Crippen molar-refractivity contribution in [1.82, 2.24) is 30.3 Å². The average molecular weight is 378 g/mol. The van der Waals surface area contributed by atoms with E-state index in [1.54, 1.807) is 0 Å². The lowest BCUT2D eigenvalue weighted by Gasteiger charge is -2.06. The van der Waals surface area contributed by atoms with Gasteiger partial charge in [-0.1, -0.05) is 23.4 Å². The Bertz CT molecular complexity index is 1020. The molecule has 11 heteroatoms. The minimum absolute atomic E-state index is 0.0816. The second kappa shape index (κ2) is 6.33. The molecular formula is C15H9F3N6OS. The third-order valence-corrected chi connectivity index (χ3v) is 4.24. The van der Waals surface area contributed by atoms with E-state index in [9.17, 15) is 13.2 Å². The van der Waals surface area contributed by atoms with Crippen molar-refractivity contribution in [2.45, 2.75) is 12.7 Å². The molecule has 3 heterocycles. The van der Waals surface area contributed by atoms with Crippen LogP contribution < -0.4 is 0 Å². The number of nitrogens with zero attached hydrogens (tertiary/aromatic N) is 6. The van der Waals surface area contributed by atoms with Crippen LogP contribution in [0.5, 0.6) is 0 Å². The van der Waals surface area contributed by atoms with Crippen LogP contribution in [0.15, 0.2) is 46.3 Å². The van der Waals surface area contributed by atoms with Gasteiger partial charge in [-0.15, -0.1) is 21.5 Å². The molecule has 3 aromatic heterocycles. The number of benzene rings is 1. The molecule has 0 bridgehead atoms. The quantitative estimate of drug-likeness (QED) is 0.540. The molecule has 0 spiro atoms. The van der Waals surface area contributed by atoms with E-state index in [4.69, 9.17) is 4.52 Å². The van der Waals surface area contributed by atoms with Gasteiger partial charge < -0.3 is 4.52 Å². The summed E-state index contributed by atoms with van der Waals surface area (Å²) in [6, 6.07) is 8.46. The van der Waals surface area contributed by atoms with Gasteiger partial charge in [-0.3, -0.25) is 0 Å². The van der Waals surface area contributed by atoms with Gasteiger partial charge in [-0.05, 0) is 28.8 Å². The summed E-state index contributed by atoms with van der Waals surface area (Å²) in [7, 11) is 0. The Morgan fingerprint density at radius 3 is 2.81 bits per heavy atom. The lowest BCUT2D eigenvalue weighted by molar-refractivity contribution is -0.137. The standard InChI is InChI=1S/C15H9F3N6OS/c16-15(17,18)10-4-1-3-9(7-10)13-20-23-24(21-13)8-12-19-14(25-22-12)11-5-2-6-26-11/h1-7H,8H2. The lowest BCUT2D eigenvalue weighted by atomic mass is 10.1. The van der Waals surface area contributed by atoms with E-state index < -0.39 is 11.7 Å². The zero-order valence-corrected chi connectivity index (χ0v) is 13.7. The number of tetrazole rings is 1. The molecule has 0 aliphatic rings. The molecule has 4 rings (SSSR count). The first-order valence-corrected chi connectivity index (χ1v) is 8.19. The average Bonchev–Trinajstić information content (AvgIpc) is 3.36. The molecule has 1 aromatic carbocycles. The molecule has 0 N–H and O–H groups in total. The van der Waals surface area contributed by atoms with Crippen molar-refractivity contribution >= 4 is 11.3 Å². The molecule has 26 heavy (non-hydrogen) atoms. The fraction of sp³-hybridized carbons (Fsp3) is 0.133. The van der Waals surface area contributed by atoms with E-state index >= 15 is 0 Å². The second-order valence-corrected chi connectivity index (χ2v) is 6.16. The Morgan fingerprint density at radius 2 is 2.04 bits per heavy atom. The first-order valence-electron chi connectivity index (χ1n) is 7.31. The maximum absolute atomic E-state index is 12.8. The van der Waals surface area contributed by atoms with Crippen molar-refractivity contribution in [3.63, 3.8) is 0 Å². The van der Waals surface area contributed by atoms with E-state index in [0.717, 1.165) is 17.0 Å². The minimum atomic E-state index is -4.44. The van der Waals surface area contributed by atoms with Gasteiger partial charge in [0.1, 0.15) is 6.54 Å². The van der Waals surface area contributed by atoms with Crippen LogP contribution in [0.1, 0.15) is 11.4 Å². The highest BCUT2D eigenvalue weighted by Gasteiger charge is 2.30. The fourth-order valence-electron chi connectivity index (χ4n) is 2.21. The molecule has 132 valence electrons. The third-order valence-electron chi connectivity index (χ3n) is 3.38. The lowest BCUT2D eigenvalue weighted by Crippen LogP contribution is -2.06. The predicted octanol–water partition coefficient (Wildman–Crippen LogP) is 3.52. The highest BCUT2D eigenvalue weighted by atomic mass is 32.1. The smallest absolute Gasteiger partial charge is 0.333 e. The van der Waals surface area contributed by atoms with Crippen LogP contribution >= 0.6 is 11.3 Å². The van der Waals surface area contributed by atoms with Gasteiger partial charge in [0.2, 0.25) is 5.82 Å². The number of aromatic nitrogens is 6. The van der Waals surface area contributed by atoms with Crippen molar-refractivity contribution in [2.75, 3.05) is 0 Å². The van der Waals surface area contributed by atoms with Gasteiger partial charge in [0, 0.05) is 5.56 Å². The third kappa shape index (κ3) is 3.33. The normalized spacial score (nSPS) is 11.8. The highest BCUT2D eigenvalue weighted by molar-refractivity contribution is 7.13. The topological polar surface area (TPSA) is 82.5 Å². The van der Waals surface area contributed by atoms with Crippen molar-refractivity contribution < 1.29 is 17.7 Å². The van der Waals surface area contributed by atoms with Crippen LogP contribution in [-0.4, -0.2) is 30.3 Å². The number of alkyl halides is 3. The molecule has 0 amide bonds. The summed E-state index contributed by atoms with van der Waals surface area (Å²) in [5.41, 5.74) is -0.552. The fourth-order valence-corrected chi connectivity index (χ4v) is 2.85. The molecule has 0 aliphatic carbocycles. The van der Waals surface area contributed by atoms with Gasteiger partial charge in [-0.2, -0.15) is 23.0 Å². The molecule has 7 nitrogen and oxygen atoms in total. The van der Waals surface area contributed by atoms with Crippen LogP contribution in [0.3, 0.4) is 0 Å². The van der Waals surface area contributed by atoms with E-state index in [2.05, 4.69) is 25.6 Å². The SMILES string of the molecule is FC(F)(F)c1cccc(-c2nnn(Cc3noc(-c4cccs4)n3)n2)c1. The van der Waals surface area contributed by atoms with Crippen LogP contribution in [0.25, 0.3) is 22.2 Å².